The fraction of sp³-hybridized carbons (Fsp3) is 0.625. The van der Waals surface area contributed by atoms with Crippen molar-refractivity contribution in [1.29, 1.82) is 0 Å². The van der Waals surface area contributed by atoms with Crippen LogP contribution in [0.3, 0.4) is 0 Å². The molecule has 2 rings (SSSR count). The van der Waals surface area contributed by atoms with Crippen LogP contribution >= 0.6 is 0 Å². The second-order valence-corrected chi connectivity index (χ2v) is 5.50. The highest BCUT2D eigenvalue weighted by Crippen LogP contribution is 2.16. The van der Waals surface area contributed by atoms with Crippen molar-refractivity contribution < 1.29 is 4.74 Å². The molecule has 106 valence electrons. The normalized spacial score (nSPS) is 21.7. The number of aryl methyl sites for hydroxylation is 1. The van der Waals surface area contributed by atoms with Crippen LogP contribution in [0.25, 0.3) is 0 Å². The van der Waals surface area contributed by atoms with Crippen molar-refractivity contribution in [3.63, 3.8) is 0 Å². The summed E-state index contributed by atoms with van der Waals surface area (Å²) in [7, 11) is 1.79. The summed E-state index contributed by atoms with van der Waals surface area (Å²) in [4.78, 5) is 0. The Bertz CT molecular complexity index is 355. The van der Waals surface area contributed by atoms with E-state index in [0.29, 0.717) is 12.1 Å². The van der Waals surface area contributed by atoms with Crippen LogP contribution in [0.15, 0.2) is 30.3 Å². The maximum absolute atomic E-state index is 5.29. The summed E-state index contributed by atoms with van der Waals surface area (Å²) < 4.78 is 5.29. The monoisotopic (exact) mass is 262 g/mol. The van der Waals surface area contributed by atoms with E-state index in [4.69, 9.17) is 4.74 Å². The van der Waals surface area contributed by atoms with Gasteiger partial charge in [-0.15, -0.1) is 0 Å². The van der Waals surface area contributed by atoms with Crippen LogP contribution in [-0.2, 0) is 11.2 Å². The quantitative estimate of drug-likeness (QED) is 0.817. The standard InChI is InChI=1S/C16H26N2O/c1-14(10-11-15-7-4-3-5-8-15)17-18-12-6-9-16(18)13-19-2/h3-5,7-8,14,16-17H,6,9-13H2,1-2H3/t14-,16-/m0/s1. The topological polar surface area (TPSA) is 24.5 Å². The second-order valence-electron chi connectivity index (χ2n) is 5.50. The van der Waals surface area contributed by atoms with E-state index >= 15 is 0 Å². The van der Waals surface area contributed by atoms with Crippen molar-refractivity contribution in [2.24, 2.45) is 0 Å². The predicted octanol–water partition coefficient (Wildman–Crippen LogP) is 2.62. The largest absolute Gasteiger partial charge is 0.383 e. The Hall–Kier alpha value is -0.900. The molecule has 1 heterocycles. The summed E-state index contributed by atoms with van der Waals surface area (Å²) in [5.74, 6) is 0. The van der Waals surface area contributed by atoms with Crippen LogP contribution in [0.4, 0.5) is 0 Å². The maximum Gasteiger partial charge on any atom is 0.0632 e. The minimum atomic E-state index is 0.512. The van der Waals surface area contributed by atoms with Crippen LogP contribution in [0.5, 0.6) is 0 Å². The molecule has 1 N–H and O–H groups in total. The van der Waals surface area contributed by atoms with Gasteiger partial charge in [0.25, 0.3) is 0 Å². The van der Waals surface area contributed by atoms with E-state index in [1.54, 1.807) is 7.11 Å². The van der Waals surface area contributed by atoms with Gasteiger partial charge >= 0.3 is 0 Å². The van der Waals surface area contributed by atoms with Crippen LogP contribution in [0.2, 0.25) is 0 Å². The molecule has 0 aliphatic carbocycles. The molecule has 0 saturated carbocycles. The molecule has 0 unspecified atom stereocenters. The number of benzene rings is 1. The van der Waals surface area contributed by atoms with Crippen molar-refractivity contribution in [3.05, 3.63) is 35.9 Å². The molecule has 0 spiro atoms. The third-order valence-corrected chi connectivity index (χ3v) is 3.83. The Morgan fingerprint density at radius 1 is 1.37 bits per heavy atom. The number of hydrogen-bond donors (Lipinski definition) is 1. The number of rotatable bonds is 7. The SMILES string of the molecule is COC[C@@H]1CCCN1N[C@@H](C)CCc1ccccc1. The molecule has 0 bridgehead atoms. The number of nitrogens with one attached hydrogen (secondary N) is 1. The smallest absolute Gasteiger partial charge is 0.0632 e. The first kappa shape index (κ1) is 14.5. The lowest BCUT2D eigenvalue weighted by molar-refractivity contribution is 0.0720. The molecular formula is C16H26N2O. The van der Waals surface area contributed by atoms with Crippen molar-refractivity contribution in [2.75, 3.05) is 20.3 Å². The zero-order valence-electron chi connectivity index (χ0n) is 12.1. The first-order valence-corrected chi connectivity index (χ1v) is 7.35. The Kier molecular flexibility index (Phi) is 5.83. The van der Waals surface area contributed by atoms with Crippen molar-refractivity contribution >= 4 is 0 Å². The highest BCUT2D eigenvalue weighted by Gasteiger charge is 2.25. The molecule has 1 saturated heterocycles. The van der Waals surface area contributed by atoms with Crippen LogP contribution in [0.1, 0.15) is 31.7 Å². The first-order chi connectivity index (χ1) is 9.29. The average molecular weight is 262 g/mol. The molecule has 3 nitrogen and oxygen atoms in total. The van der Waals surface area contributed by atoms with Gasteiger partial charge in [0.1, 0.15) is 0 Å². The van der Waals surface area contributed by atoms with Gasteiger partial charge in [0.2, 0.25) is 0 Å². The minimum Gasteiger partial charge on any atom is -0.383 e. The highest BCUT2D eigenvalue weighted by molar-refractivity contribution is 5.14. The van der Waals surface area contributed by atoms with E-state index in [1.165, 1.54) is 24.8 Å². The van der Waals surface area contributed by atoms with Gasteiger partial charge in [0.05, 0.1) is 6.61 Å². The fourth-order valence-corrected chi connectivity index (χ4v) is 2.75. The number of hydrazine groups is 1. The van der Waals surface area contributed by atoms with Gasteiger partial charge in [0, 0.05) is 25.7 Å². The lowest BCUT2D eigenvalue weighted by Crippen LogP contribution is -2.47. The van der Waals surface area contributed by atoms with Gasteiger partial charge in [-0.25, -0.2) is 5.01 Å². The summed E-state index contributed by atoms with van der Waals surface area (Å²) in [6.45, 7) is 4.24. The Morgan fingerprint density at radius 3 is 2.89 bits per heavy atom. The van der Waals surface area contributed by atoms with Gasteiger partial charge in [-0.3, -0.25) is 5.43 Å². The summed E-state index contributed by atoms with van der Waals surface area (Å²) >= 11 is 0. The number of nitrogens with zero attached hydrogens (tertiary/aromatic N) is 1. The molecule has 0 radical (unpaired) electrons. The first-order valence-electron chi connectivity index (χ1n) is 7.35. The molecular weight excluding hydrogens is 236 g/mol. The van der Waals surface area contributed by atoms with E-state index in [0.717, 1.165) is 19.6 Å². The predicted molar refractivity (Wildman–Crippen MR) is 79.0 cm³/mol. The lowest BCUT2D eigenvalue weighted by atomic mass is 10.1. The Labute approximate surface area is 116 Å². The van der Waals surface area contributed by atoms with Crippen molar-refractivity contribution in [1.82, 2.24) is 10.4 Å². The molecule has 1 fully saturated rings. The molecule has 0 aromatic heterocycles. The average Bonchev–Trinajstić information content (AvgIpc) is 2.85. The van der Waals surface area contributed by atoms with Crippen LogP contribution in [-0.4, -0.2) is 37.4 Å². The Balaban J connectivity index is 1.73. The lowest BCUT2D eigenvalue weighted by Gasteiger charge is -2.28. The van der Waals surface area contributed by atoms with Crippen molar-refractivity contribution in [3.8, 4) is 0 Å². The summed E-state index contributed by atoms with van der Waals surface area (Å²) in [6.07, 6.45) is 4.82. The highest BCUT2D eigenvalue weighted by atomic mass is 16.5. The molecule has 1 aliphatic heterocycles. The van der Waals surface area contributed by atoms with E-state index in [9.17, 15) is 0 Å². The van der Waals surface area contributed by atoms with Crippen LogP contribution < -0.4 is 5.43 Å². The van der Waals surface area contributed by atoms with Gasteiger partial charge < -0.3 is 4.74 Å². The zero-order chi connectivity index (χ0) is 13.5. The summed E-state index contributed by atoms with van der Waals surface area (Å²) in [5, 5.41) is 2.37. The molecule has 3 heteroatoms. The van der Waals surface area contributed by atoms with Gasteiger partial charge in [0.15, 0.2) is 0 Å². The fourth-order valence-electron chi connectivity index (χ4n) is 2.75. The second kappa shape index (κ2) is 7.63. The summed E-state index contributed by atoms with van der Waals surface area (Å²) in [6, 6.07) is 11.8. The number of hydrogen-bond acceptors (Lipinski definition) is 3. The molecule has 2 atom stereocenters. The van der Waals surface area contributed by atoms with E-state index < -0.39 is 0 Å². The zero-order valence-corrected chi connectivity index (χ0v) is 12.1. The van der Waals surface area contributed by atoms with Crippen molar-refractivity contribution in [2.45, 2.75) is 44.7 Å². The van der Waals surface area contributed by atoms with E-state index in [-0.39, 0.29) is 0 Å². The molecule has 1 aliphatic rings. The van der Waals surface area contributed by atoms with Crippen LogP contribution in [0, 0.1) is 0 Å². The number of methoxy groups -OCH3 is 1. The van der Waals surface area contributed by atoms with E-state index in [1.807, 2.05) is 0 Å². The molecule has 1 aromatic carbocycles. The van der Waals surface area contributed by atoms with Gasteiger partial charge in [-0.2, -0.15) is 0 Å². The summed E-state index contributed by atoms with van der Waals surface area (Å²) in [5.41, 5.74) is 5.06. The third-order valence-electron chi connectivity index (χ3n) is 3.83. The maximum atomic E-state index is 5.29. The molecule has 0 amide bonds. The third kappa shape index (κ3) is 4.60. The van der Waals surface area contributed by atoms with Gasteiger partial charge in [-0.05, 0) is 38.2 Å². The number of ether oxygens (including phenoxy) is 1. The van der Waals surface area contributed by atoms with Gasteiger partial charge in [-0.1, -0.05) is 30.3 Å². The Morgan fingerprint density at radius 2 is 2.16 bits per heavy atom. The minimum absolute atomic E-state index is 0.512. The molecule has 1 aromatic rings. The molecule has 19 heavy (non-hydrogen) atoms. The van der Waals surface area contributed by atoms with E-state index in [2.05, 4.69) is 47.7 Å².